The van der Waals surface area contributed by atoms with Gasteiger partial charge in [-0.15, -0.1) is 0 Å². The van der Waals surface area contributed by atoms with E-state index in [0.29, 0.717) is 17.2 Å². The van der Waals surface area contributed by atoms with Gasteiger partial charge >= 0.3 is 0 Å². The number of rotatable bonds is 4. The summed E-state index contributed by atoms with van der Waals surface area (Å²) in [7, 11) is 0. The van der Waals surface area contributed by atoms with Gasteiger partial charge in [0.1, 0.15) is 12.4 Å². The van der Waals surface area contributed by atoms with Gasteiger partial charge in [0.05, 0.1) is 17.3 Å². The van der Waals surface area contributed by atoms with Gasteiger partial charge in [0.25, 0.3) is 0 Å². The molecule has 0 radical (unpaired) electrons. The van der Waals surface area contributed by atoms with Gasteiger partial charge in [-0.3, -0.25) is 4.98 Å². The number of aromatic nitrogens is 1. The summed E-state index contributed by atoms with van der Waals surface area (Å²) < 4.78 is 5.24. The predicted octanol–water partition coefficient (Wildman–Crippen LogP) is 1.88. The van der Waals surface area contributed by atoms with E-state index in [1.807, 2.05) is 6.92 Å². The number of nitrogens with zero attached hydrogens (tertiary/aromatic N) is 1. The fourth-order valence-corrected chi connectivity index (χ4v) is 0.945. The lowest BCUT2D eigenvalue weighted by atomic mass is 10.3. The molecule has 0 spiro atoms. The van der Waals surface area contributed by atoms with Gasteiger partial charge in [-0.2, -0.15) is 0 Å². The first kappa shape index (κ1) is 10.3. The molecule has 1 rings (SSSR count). The number of aliphatic hydroxyl groups excluding tert-OH is 1. The molecule has 0 aliphatic rings. The summed E-state index contributed by atoms with van der Waals surface area (Å²) in [4.78, 5) is 3.85. The second-order valence-electron chi connectivity index (χ2n) is 2.71. The normalized spacial score (nSPS) is 12.5. The summed E-state index contributed by atoms with van der Waals surface area (Å²) in [5.74, 6) is 0.583. The molecule has 0 bridgehead atoms. The van der Waals surface area contributed by atoms with Crippen molar-refractivity contribution in [1.82, 2.24) is 4.98 Å². The van der Waals surface area contributed by atoms with E-state index in [9.17, 15) is 5.11 Å². The fraction of sp³-hybridized carbons (Fsp3) is 0.444. The molecule has 0 aromatic carbocycles. The molecule has 72 valence electrons. The van der Waals surface area contributed by atoms with Crippen LogP contribution in [0, 0.1) is 0 Å². The zero-order valence-electron chi connectivity index (χ0n) is 7.40. The highest BCUT2D eigenvalue weighted by atomic mass is 35.5. The Hall–Kier alpha value is -0.800. The van der Waals surface area contributed by atoms with Crippen LogP contribution in [0.15, 0.2) is 18.5 Å². The molecule has 0 aliphatic carbocycles. The van der Waals surface area contributed by atoms with Gasteiger partial charge in [0.15, 0.2) is 0 Å². The van der Waals surface area contributed by atoms with E-state index in [2.05, 4.69) is 4.98 Å². The first-order valence-corrected chi connectivity index (χ1v) is 4.51. The molecule has 4 heteroatoms. The Kier molecular flexibility index (Phi) is 3.99. The Morgan fingerprint density at radius 3 is 3.00 bits per heavy atom. The van der Waals surface area contributed by atoms with Gasteiger partial charge in [-0.1, -0.05) is 18.5 Å². The molecule has 1 heterocycles. The molecule has 1 unspecified atom stereocenters. The van der Waals surface area contributed by atoms with Crippen LogP contribution in [0.25, 0.3) is 0 Å². The van der Waals surface area contributed by atoms with Crippen LogP contribution in [-0.2, 0) is 0 Å². The van der Waals surface area contributed by atoms with E-state index in [1.165, 1.54) is 6.20 Å². The second kappa shape index (κ2) is 5.04. The molecule has 1 aromatic rings. The third-order valence-corrected chi connectivity index (χ3v) is 1.80. The van der Waals surface area contributed by atoms with Crippen molar-refractivity contribution in [2.45, 2.75) is 19.4 Å². The minimum atomic E-state index is -0.431. The van der Waals surface area contributed by atoms with E-state index < -0.39 is 6.10 Å². The van der Waals surface area contributed by atoms with Crippen molar-refractivity contribution in [2.24, 2.45) is 0 Å². The van der Waals surface area contributed by atoms with Crippen LogP contribution in [0.1, 0.15) is 13.3 Å². The number of hydrogen-bond acceptors (Lipinski definition) is 3. The predicted molar refractivity (Wildman–Crippen MR) is 51.0 cm³/mol. The molecule has 0 aliphatic heterocycles. The summed E-state index contributed by atoms with van der Waals surface area (Å²) in [6.45, 7) is 2.17. The van der Waals surface area contributed by atoms with Gasteiger partial charge in [-0.05, 0) is 6.42 Å². The first-order valence-electron chi connectivity index (χ1n) is 4.13. The maximum absolute atomic E-state index is 9.21. The number of halogens is 1. The second-order valence-corrected chi connectivity index (χ2v) is 3.15. The molecular formula is C9H12ClNO2. The van der Waals surface area contributed by atoms with Crippen molar-refractivity contribution in [1.29, 1.82) is 0 Å². The van der Waals surface area contributed by atoms with Crippen molar-refractivity contribution >= 4 is 11.6 Å². The molecule has 1 aromatic heterocycles. The number of ether oxygens (including phenoxy) is 1. The van der Waals surface area contributed by atoms with Gasteiger partial charge < -0.3 is 9.84 Å². The number of hydrogen-bond donors (Lipinski definition) is 1. The minimum absolute atomic E-state index is 0.276. The lowest BCUT2D eigenvalue weighted by molar-refractivity contribution is 0.104. The topological polar surface area (TPSA) is 42.4 Å². The Bertz CT molecular complexity index is 268. The molecule has 0 amide bonds. The lowest BCUT2D eigenvalue weighted by Gasteiger charge is -2.09. The Morgan fingerprint density at radius 2 is 2.38 bits per heavy atom. The lowest BCUT2D eigenvalue weighted by Crippen LogP contribution is -2.15. The van der Waals surface area contributed by atoms with E-state index in [0.717, 1.165) is 0 Å². The SMILES string of the molecule is CCC(O)COc1cncc(Cl)c1. The van der Waals surface area contributed by atoms with Crippen LogP contribution in [0.4, 0.5) is 0 Å². The van der Waals surface area contributed by atoms with Crippen LogP contribution in [0.2, 0.25) is 5.02 Å². The molecule has 13 heavy (non-hydrogen) atoms. The molecule has 1 atom stereocenters. The number of pyridine rings is 1. The maximum Gasteiger partial charge on any atom is 0.139 e. The zero-order chi connectivity index (χ0) is 9.68. The van der Waals surface area contributed by atoms with Crippen molar-refractivity contribution in [3.8, 4) is 5.75 Å². The third-order valence-electron chi connectivity index (χ3n) is 1.59. The molecule has 1 N–H and O–H groups in total. The zero-order valence-corrected chi connectivity index (χ0v) is 8.16. The summed E-state index contributed by atoms with van der Waals surface area (Å²) in [5, 5.41) is 9.74. The van der Waals surface area contributed by atoms with E-state index in [1.54, 1.807) is 12.3 Å². The van der Waals surface area contributed by atoms with Crippen LogP contribution >= 0.6 is 11.6 Å². The van der Waals surface area contributed by atoms with Gasteiger partial charge in [-0.25, -0.2) is 0 Å². The summed E-state index contributed by atoms with van der Waals surface area (Å²) in [6, 6.07) is 1.66. The standard InChI is InChI=1S/C9H12ClNO2/c1-2-8(12)6-13-9-3-7(10)4-11-5-9/h3-5,8,12H,2,6H2,1H3. The number of aliphatic hydroxyl groups is 1. The van der Waals surface area contributed by atoms with Crippen molar-refractivity contribution in [3.05, 3.63) is 23.5 Å². The molecule has 0 saturated heterocycles. The van der Waals surface area contributed by atoms with Crippen molar-refractivity contribution < 1.29 is 9.84 Å². The van der Waals surface area contributed by atoms with Crippen LogP contribution in [0.3, 0.4) is 0 Å². The maximum atomic E-state index is 9.21. The summed E-state index contributed by atoms with van der Waals surface area (Å²) in [6.07, 6.45) is 3.34. The quantitative estimate of drug-likeness (QED) is 0.809. The molecule has 0 saturated carbocycles. The van der Waals surface area contributed by atoms with Crippen molar-refractivity contribution in [2.75, 3.05) is 6.61 Å². The summed E-state index contributed by atoms with van der Waals surface area (Å²) in [5.41, 5.74) is 0. The van der Waals surface area contributed by atoms with Crippen molar-refractivity contribution in [3.63, 3.8) is 0 Å². The first-order chi connectivity index (χ1) is 6.22. The molecular weight excluding hydrogens is 190 g/mol. The minimum Gasteiger partial charge on any atom is -0.489 e. The van der Waals surface area contributed by atoms with Gasteiger partial charge in [0, 0.05) is 12.3 Å². The summed E-state index contributed by atoms with van der Waals surface area (Å²) >= 11 is 5.69. The van der Waals surface area contributed by atoms with Gasteiger partial charge in [0.2, 0.25) is 0 Å². The highest BCUT2D eigenvalue weighted by molar-refractivity contribution is 6.30. The van der Waals surface area contributed by atoms with Crippen LogP contribution in [0.5, 0.6) is 5.75 Å². The average Bonchev–Trinajstić information content (AvgIpc) is 2.14. The van der Waals surface area contributed by atoms with Crippen LogP contribution in [-0.4, -0.2) is 22.8 Å². The smallest absolute Gasteiger partial charge is 0.139 e. The largest absolute Gasteiger partial charge is 0.489 e. The highest BCUT2D eigenvalue weighted by Crippen LogP contribution is 2.15. The van der Waals surface area contributed by atoms with E-state index in [-0.39, 0.29) is 6.61 Å². The van der Waals surface area contributed by atoms with Crippen LogP contribution < -0.4 is 4.74 Å². The van der Waals surface area contributed by atoms with E-state index >= 15 is 0 Å². The Morgan fingerprint density at radius 1 is 1.62 bits per heavy atom. The fourth-order valence-electron chi connectivity index (χ4n) is 0.782. The van der Waals surface area contributed by atoms with E-state index in [4.69, 9.17) is 16.3 Å². The third kappa shape index (κ3) is 3.61. The Labute approximate surface area is 82.3 Å². The monoisotopic (exact) mass is 201 g/mol. The average molecular weight is 202 g/mol. The highest BCUT2D eigenvalue weighted by Gasteiger charge is 2.02. The molecule has 0 fully saturated rings. The Balaban J connectivity index is 2.45. The molecule has 3 nitrogen and oxygen atoms in total.